The second kappa shape index (κ2) is 10.2. The van der Waals surface area contributed by atoms with E-state index in [0.717, 1.165) is 0 Å². The highest BCUT2D eigenvalue weighted by Crippen LogP contribution is 2.34. The number of rotatable bonds is 8. The maximum atomic E-state index is 14.0. The first-order chi connectivity index (χ1) is 15.7. The number of hydrogen-bond donors (Lipinski definition) is 2. The number of nitrogens with two attached hydrogens (primary N) is 1. The van der Waals surface area contributed by atoms with Gasteiger partial charge in [0.1, 0.15) is 5.82 Å². The normalized spacial score (nSPS) is 11.5. The molecule has 1 atom stereocenters. The number of benzene rings is 2. The van der Waals surface area contributed by atoms with Gasteiger partial charge in [-0.05, 0) is 37.3 Å². The van der Waals surface area contributed by atoms with Crippen LogP contribution in [0.2, 0.25) is 5.02 Å². The van der Waals surface area contributed by atoms with Crippen LogP contribution in [0.4, 0.5) is 9.18 Å². The topological polar surface area (TPSA) is 126 Å². The largest absolute Gasteiger partial charge is 0.493 e. The third-order valence-corrected chi connectivity index (χ3v) is 5.00. The summed E-state index contributed by atoms with van der Waals surface area (Å²) in [6, 6.07) is 9.09. The first-order valence-electron chi connectivity index (χ1n) is 9.65. The van der Waals surface area contributed by atoms with E-state index in [4.69, 9.17) is 36.0 Å². The fourth-order valence-corrected chi connectivity index (χ4v) is 3.27. The van der Waals surface area contributed by atoms with Gasteiger partial charge in [-0.1, -0.05) is 17.7 Å². The lowest BCUT2D eigenvalue weighted by atomic mass is 10.2. The number of amides is 2. The number of methoxy groups -OCH3 is 2. The minimum atomic E-state index is -1.06. The molecule has 1 unspecified atom stereocenters. The third kappa shape index (κ3) is 5.35. The number of primary amides is 1. The second-order valence-electron chi connectivity index (χ2n) is 6.76. The Labute approximate surface area is 193 Å². The van der Waals surface area contributed by atoms with Crippen LogP contribution in [0.5, 0.6) is 11.5 Å². The van der Waals surface area contributed by atoms with E-state index >= 15 is 0 Å². The maximum absolute atomic E-state index is 14.0. The lowest BCUT2D eigenvalue weighted by Crippen LogP contribution is -2.26. The van der Waals surface area contributed by atoms with Gasteiger partial charge in [0.15, 0.2) is 29.1 Å². The van der Waals surface area contributed by atoms with Crippen molar-refractivity contribution in [1.29, 1.82) is 0 Å². The highest BCUT2D eigenvalue weighted by atomic mass is 35.5. The van der Waals surface area contributed by atoms with Gasteiger partial charge in [-0.25, -0.2) is 14.2 Å². The molecule has 3 N–H and O–H groups in total. The number of halogens is 2. The van der Waals surface area contributed by atoms with Crippen LogP contribution >= 0.6 is 11.6 Å². The van der Waals surface area contributed by atoms with Crippen molar-refractivity contribution in [3.05, 3.63) is 64.3 Å². The molecule has 0 saturated carbocycles. The van der Waals surface area contributed by atoms with E-state index in [1.807, 2.05) is 0 Å². The van der Waals surface area contributed by atoms with E-state index in [1.165, 1.54) is 39.3 Å². The van der Waals surface area contributed by atoms with Crippen LogP contribution in [0.25, 0.3) is 11.5 Å². The predicted molar refractivity (Wildman–Crippen MR) is 117 cm³/mol. The van der Waals surface area contributed by atoms with Gasteiger partial charge in [0.05, 0.1) is 14.2 Å². The summed E-state index contributed by atoms with van der Waals surface area (Å²) in [5.41, 5.74) is 5.52. The van der Waals surface area contributed by atoms with Crippen LogP contribution < -0.4 is 20.5 Å². The van der Waals surface area contributed by atoms with Crippen LogP contribution in [0.1, 0.15) is 34.8 Å². The van der Waals surface area contributed by atoms with Crippen LogP contribution in [0.15, 0.2) is 40.8 Å². The van der Waals surface area contributed by atoms with Gasteiger partial charge in [0.2, 0.25) is 5.89 Å². The summed E-state index contributed by atoms with van der Waals surface area (Å²) < 4.78 is 35.3. The highest BCUT2D eigenvalue weighted by molar-refractivity contribution is 6.31. The molecule has 0 fully saturated rings. The molecule has 0 saturated heterocycles. The van der Waals surface area contributed by atoms with Gasteiger partial charge in [-0.3, -0.25) is 4.79 Å². The number of carbonyl (C=O) groups excluding carboxylic acids is 2. The molecule has 0 bridgehead atoms. The molecule has 11 heteroatoms. The number of aromatic nitrogens is 1. The minimum absolute atomic E-state index is 0.0456. The van der Waals surface area contributed by atoms with Crippen molar-refractivity contribution < 1.29 is 32.6 Å². The molecule has 1 heterocycles. The van der Waals surface area contributed by atoms with E-state index in [9.17, 15) is 14.0 Å². The Hall–Kier alpha value is -3.79. The number of carbonyl (C=O) groups is 2. The number of nitrogens with one attached hydrogen (secondary N) is 1. The van der Waals surface area contributed by atoms with Gasteiger partial charge in [0, 0.05) is 22.7 Å². The van der Waals surface area contributed by atoms with E-state index in [-0.39, 0.29) is 34.5 Å². The smallest absolute Gasteiger partial charge is 0.405 e. The third-order valence-electron chi connectivity index (χ3n) is 4.65. The molecule has 0 spiro atoms. The molecule has 0 aliphatic rings. The van der Waals surface area contributed by atoms with Gasteiger partial charge in [0.25, 0.3) is 5.91 Å². The van der Waals surface area contributed by atoms with E-state index < -0.39 is 23.9 Å². The fraction of sp³-hybridized carbons (Fsp3) is 0.227. The van der Waals surface area contributed by atoms with Crippen molar-refractivity contribution in [2.75, 3.05) is 14.2 Å². The summed E-state index contributed by atoms with van der Waals surface area (Å²) in [4.78, 5) is 28.4. The average Bonchev–Trinajstić information content (AvgIpc) is 3.23. The molecule has 2 amide bonds. The Morgan fingerprint density at radius 3 is 2.58 bits per heavy atom. The highest BCUT2D eigenvalue weighted by Gasteiger charge is 2.27. The molecule has 0 aliphatic heterocycles. The summed E-state index contributed by atoms with van der Waals surface area (Å²) in [5.74, 6) is -0.357. The summed E-state index contributed by atoms with van der Waals surface area (Å²) in [5, 5.41) is 2.71. The Morgan fingerprint density at radius 2 is 1.94 bits per heavy atom. The number of ether oxygens (including phenoxy) is 3. The molecule has 0 radical (unpaired) electrons. The molecule has 9 nitrogen and oxygen atoms in total. The average molecular weight is 478 g/mol. The fourth-order valence-electron chi connectivity index (χ4n) is 3.04. The maximum Gasteiger partial charge on any atom is 0.405 e. The van der Waals surface area contributed by atoms with Crippen LogP contribution in [-0.2, 0) is 11.3 Å². The van der Waals surface area contributed by atoms with E-state index in [0.29, 0.717) is 17.1 Å². The van der Waals surface area contributed by atoms with Crippen molar-refractivity contribution in [3.63, 3.8) is 0 Å². The molecule has 2 aromatic carbocycles. The van der Waals surface area contributed by atoms with Crippen molar-refractivity contribution in [1.82, 2.24) is 10.3 Å². The van der Waals surface area contributed by atoms with Crippen LogP contribution in [0, 0.1) is 5.82 Å². The van der Waals surface area contributed by atoms with Crippen molar-refractivity contribution >= 4 is 23.6 Å². The first-order valence-corrected chi connectivity index (χ1v) is 10.0. The Kier molecular flexibility index (Phi) is 7.39. The number of hydrogen-bond acceptors (Lipinski definition) is 7. The summed E-state index contributed by atoms with van der Waals surface area (Å²) in [6.45, 7) is 1.27. The van der Waals surface area contributed by atoms with Gasteiger partial charge >= 0.3 is 6.09 Å². The minimum Gasteiger partial charge on any atom is -0.493 e. The molecule has 0 aliphatic carbocycles. The van der Waals surface area contributed by atoms with Crippen molar-refractivity contribution in [3.8, 4) is 23.0 Å². The van der Waals surface area contributed by atoms with Crippen LogP contribution in [0.3, 0.4) is 0 Å². The number of oxazole rings is 1. The first kappa shape index (κ1) is 23.9. The summed E-state index contributed by atoms with van der Waals surface area (Å²) in [7, 11) is 2.96. The monoisotopic (exact) mass is 477 g/mol. The van der Waals surface area contributed by atoms with E-state index in [1.54, 1.807) is 18.2 Å². The summed E-state index contributed by atoms with van der Waals surface area (Å²) in [6.07, 6.45) is -2.09. The zero-order valence-corrected chi connectivity index (χ0v) is 18.7. The summed E-state index contributed by atoms with van der Waals surface area (Å²) >= 11 is 6.02. The molecule has 33 heavy (non-hydrogen) atoms. The van der Waals surface area contributed by atoms with Gasteiger partial charge < -0.3 is 29.7 Å². The van der Waals surface area contributed by atoms with Crippen LogP contribution in [-0.4, -0.2) is 31.2 Å². The molecular formula is C22H21ClFN3O6. The Morgan fingerprint density at radius 1 is 1.21 bits per heavy atom. The van der Waals surface area contributed by atoms with Gasteiger partial charge in [-0.2, -0.15) is 0 Å². The lowest BCUT2D eigenvalue weighted by Gasteiger charge is -2.11. The van der Waals surface area contributed by atoms with E-state index in [2.05, 4.69) is 10.3 Å². The quantitative estimate of drug-likeness (QED) is 0.497. The van der Waals surface area contributed by atoms with Gasteiger partial charge in [-0.15, -0.1) is 0 Å². The molecule has 174 valence electrons. The molecule has 3 rings (SSSR count). The van der Waals surface area contributed by atoms with Crippen molar-refractivity contribution in [2.24, 2.45) is 5.73 Å². The Bertz CT molecular complexity index is 1160. The number of nitrogens with zero attached hydrogens (tertiary/aromatic N) is 1. The lowest BCUT2D eigenvalue weighted by molar-refractivity contribution is 0.0904. The SMILES string of the molecule is COc1ccc(-c2nc(C(=O)NCc3c(F)cccc3Cl)c(C(C)OC(N)=O)o2)cc1OC. The second-order valence-corrected chi connectivity index (χ2v) is 7.17. The molecule has 3 aromatic rings. The Balaban J connectivity index is 1.96. The molecule has 1 aromatic heterocycles. The molecular weight excluding hydrogens is 457 g/mol. The standard InChI is InChI=1S/C22H21ClFN3O6/c1-11(32-22(25)29)19-18(20(28)26-10-13-14(23)5-4-6-15(13)24)27-21(33-19)12-7-8-16(30-2)17(9-12)31-3/h4-9,11H,10H2,1-3H3,(H2,25,29)(H,26,28). The van der Waals surface area contributed by atoms with Crippen molar-refractivity contribution in [2.45, 2.75) is 19.6 Å². The zero-order valence-electron chi connectivity index (χ0n) is 18.0. The predicted octanol–water partition coefficient (Wildman–Crippen LogP) is 4.24. The zero-order chi connectivity index (χ0) is 24.1.